The maximum Gasteiger partial charge on any atom is 0.243 e. The Morgan fingerprint density at radius 1 is 0.926 bits per heavy atom. The first kappa shape index (κ1) is 17.9. The van der Waals surface area contributed by atoms with Gasteiger partial charge in [-0.3, -0.25) is 0 Å². The zero-order chi connectivity index (χ0) is 18.9. The van der Waals surface area contributed by atoms with E-state index in [1.807, 2.05) is 24.3 Å². The number of aromatic nitrogens is 4. The molecule has 0 bridgehead atoms. The first-order valence-corrected chi connectivity index (χ1v) is 10.2. The first-order chi connectivity index (χ1) is 13.0. The quantitative estimate of drug-likeness (QED) is 0.659. The molecule has 0 saturated carbocycles. The highest BCUT2D eigenvalue weighted by atomic mass is 35.5. The molecule has 4 rings (SSSR count). The van der Waals surface area contributed by atoms with E-state index < -0.39 is 10.0 Å². The fourth-order valence-electron chi connectivity index (χ4n) is 3.06. The number of hydrogen-bond acceptors (Lipinski definition) is 6. The summed E-state index contributed by atoms with van der Waals surface area (Å²) in [4.78, 5) is 2.40. The van der Waals surface area contributed by atoms with Gasteiger partial charge in [0.15, 0.2) is 0 Å². The topological polar surface area (TPSA) is 84.2 Å². The molecule has 2 aromatic carbocycles. The van der Waals surface area contributed by atoms with E-state index in [2.05, 4.69) is 20.4 Å². The van der Waals surface area contributed by atoms with Crippen LogP contribution in [-0.2, 0) is 10.0 Å². The van der Waals surface area contributed by atoms with Gasteiger partial charge in [-0.15, -0.1) is 5.10 Å². The summed E-state index contributed by atoms with van der Waals surface area (Å²) >= 11 is 6.05. The van der Waals surface area contributed by atoms with Gasteiger partial charge < -0.3 is 4.90 Å². The summed E-state index contributed by atoms with van der Waals surface area (Å²) in [5.41, 5.74) is 1.70. The van der Waals surface area contributed by atoms with Crippen molar-refractivity contribution in [1.29, 1.82) is 0 Å². The predicted molar refractivity (Wildman–Crippen MR) is 102 cm³/mol. The molecule has 27 heavy (non-hydrogen) atoms. The van der Waals surface area contributed by atoms with Crippen LogP contribution in [0.15, 0.2) is 59.8 Å². The minimum Gasteiger partial charge on any atom is -0.369 e. The molecule has 1 saturated heterocycles. The maximum absolute atomic E-state index is 12.9. The van der Waals surface area contributed by atoms with E-state index in [9.17, 15) is 8.42 Å². The lowest BCUT2D eigenvalue weighted by Gasteiger charge is -2.35. The highest BCUT2D eigenvalue weighted by Crippen LogP contribution is 2.23. The summed E-state index contributed by atoms with van der Waals surface area (Å²) in [7, 11) is -3.54. The van der Waals surface area contributed by atoms with Gasteiger partial charge in [-0.25, -0.2) is 13.1 Å². The number of nitrogens with zero attached hydrogens (tertiary/aromatic N) is 6. The zero-order valence-corrected chi connectivity index (χ0v) is 15.9. The number of tetrazole rings is 1. The smallest absolute Gasteiger partial charge is 0.243 e. The molecule has 0 atom stereocenters. The molecule has 0 amide bonds. The molecule has 140 valence electrons. The lowest BCUT2D eigenvalue weighted by molar-refractivity contribution is 0.385. The Morgan fingerprint density at radius 3 is 2.30 bits per heavy atom. The van der Waals surface area contributed by atoms with Gasteiger partial charge in [-0.2, -0.15) is 4.31 Å². The van der Waals surface area contributed by atoms with Crippen molar-refractivity contribution < 1.29 is 8.42 Å². The number of rotatable bonds is 4. The van der Waals surface area contributed by atoms with Gasteiger partial charge in [0.25, 0.3) is 0 Å². The van der Waals surface area contributed by atoms with Crippen LogP contribution < -0.4 is 4.90 Å². The van der Waals surface area contributed by atoms with Crippen molar-refractivity contribution in [2.24, 2.45) is 0 Å². The second-order valence-corrected chi connectivity index (χ2v) is 8.49. The predicted octanol–water partition coefficient (Wildman–Crippen LogP) is 1.83. The second kappa shape index (κ2) is 7.26. The highest BCUT2D eigenvalue weighted by Gasteiger charge is 2.28. The van der Waals surface area contributed by atoms with Crippen molar-refractivity contribution in [3.05, 3.63) is 59.9 Å². The lowest BCUT2D eigenvalue weighted by Crippen LogP contribution is -2.48. The third kappa shape index (κ3) is 3.66. The Hall–Kier alpha value is -2.49. The SMILES string of the molecule is O=S(=O)(c1ccc(-n2cnnn2)cc1)N1CCN(c2cccc(Cl)c2)CC1. The molecule has 8 nitrogen and oxygen atoms in total. The number of halogens is 1. The van der Waals surface area contributed by atoms with E-state index in [1.165, 1.54) is 15.3 Å². The minimum absolute atomic E-state index is 0.260. The molecule has 0 spiro atoms. The summed E-state index contributed by atoms with van der Waals surface area (Å²) in [6, 6.07) is 14.1. The molecule has 0 aliphatic carbocycles. The van der Waals surface area contributed by atoms with Crippen LogP contribution >= 0.6 is 11.6 Å². The summed E-state index contributed by atoms with van der Waals surface area (Å²) in [5, 5.41) is 11.6. The Kier molecular flexibility index (Phi) is 4.81. The van der Waals surface area contributed by atoms with E-state index in [-0.39, 0.29) is 4.90 Å². The molecule has 2 heterocycles. The Bertz CT molecular complexity index is 1020. The number of anilines is 1. The maximum atomic E-state index is 12.9. The van der Waals surface area contributed by atoms with Crippen molar-refractivity contribution in [3.63, 3.8) is 0 Å². The molecule has 3 aromatic rings. The molecule has 0 unspecified atom stereocenters. The molecule has 1 aromatic heterocycles. The summed E-state index contributed by atoms with van der Waals surface area (Å²) in [6.45, 7) is 2.07. The molecular formula is C17H17ClN6O2S. The molecule has 1 aliphatic heterocycles. The number of hydrogen-bond donors (Lipinski definition) is 0. The highest BCUT2D eigenvalue weighted by molar-refractivity contribution is 7.89. The first-order valence-electron chi connectivity index (χ1n) is 8.38. The monoisotopic (exact) mass is 404 g/mol. The average Bonchev–Trinajstić information content (AvgIpc) is 3.23. The molecule has 0 radical (unpaired) electrons. The average molecular weight is 405 g/mol. The fourth-order valence-corrected chi connectivity index (χ4v) is 4.67. The van der Waals surface area contributed by atoms with Crippen LogP contribution in [-0.4, -0.2) is 59.1 Å². The van der Waals surface area contributed by atoms with Gasteiger partial charge in [-0.05, 0) is 52.9 Å². The van der Waals surface area contributed by atoms with Crippen LogP contribution in [0.25, 0.3) is 5.69 Å². The molecule has 0 N–H and O–H groups in total. The molecule has 10 heteroatoms. The normalized spacial score (nSPS) is 15.8. The Balaban J connectivity index is 1.47. The van der Waals surface area contributed by atoms with Gasteiger partial charge in [0.05, 0.1) is 10.6 Å². The van der Waals surface area contributed by atoms with Crippen molar-refractivity contribution in [2.45, 2.75) is 4.90 Å². The van der Waals surface area contributed by atoms with Crippen LogP contribution in [0.3, 0.4) is 0 Å². The van der Waals surface area contributed by atoms with Crippen LogP contribution in [0, 0.1) is 0 Å². The van der Waals surface area contributed by atoms with Crippen molar-refractivity contribution in [3.8, 4) is 5.69 Å². The minimum atomic E-state index is -3.54. The Morgan fingerprint density at radius 2 is 1.67 bits per heavy atom. The van der Waals surface area contributed by atoms with Crippen molar-refractivity contribution in [2.75, 3.05) is 31.1 Å². The molecule has 1 fully saturated rings. The summed E-state index contributed by atoms with van der Waals surface area (Å²) in [5.74, 6) is 0. The van der Waals surface area contributed by atoms with Gasteiger partial charge in [-0.1, -0.05) is 17.7 Å². The van der Waals surface area contributed by atoms with Gasteiger partial charge in [0.1, 0.15) is 6.33 Å². The molecule has 1 aliphatic rings. The van der Waals surface area contributed by atoms with Crippen molar-refractivity contribution in [1.82, 2.24) is 24.5 Å². The number of sulfonamides is 1. The van der Waals surface area contributed by atoms with Crippen LogP contribution in [0.5, 0.6) is 0 Å². The van der Waals surface area contributed by atoms with E-state index in [1.54, 1.807) is 24.3 Å². The molecular weight excluding hydrogens is 388 g/mol. The third-order valence-electron chi connectivity index (χ3n) is 4.50. The second-order valence-electron chi connectivity index (χ2n) is 6.12. The van der Waals surface area contributed by atoms with E-state index in [0.717, 1.165) is 5.69 Å². The van der Waals surface area contributed by atoms with Crippen LogP contribution in [0.2, 0.25) is 5.02 Å². The van der Waals surface area contributed by atoms with E-state index in [4.69, 9.17) is 11.6 Å². The lowest BCUT2D eigenvalue weighted by atomic mass is 10.2. The van der Waals surface area contributed by atoms with Gasteiger partial charge >= 0.3 is 0 Å². The van der Waals surface area contributed by atoms with E-state index in [0.29, 0.717) is 36.9 Å². The van der Waals surface area contributed by atoms with Gasteiger partial charge in [0, 0.05) is 36.9 Å². The summed E-state index contributed by atoms with van der Waals surface area (Å²) < 4.78 is 28.8. The van der Waals surface area contributed by atoms with Gasteiger partial charge in [0.2, 0.25) is 10.0 Å². The number of benzene rings is 2. The zero-order valence-electron chi connectivity index (χ0n) is 14.3. The summed E-state index contributed by atoms with van der Waals surface area (Å²) in [6.07, 6.45) is 1.46. The standard InChI is InChI=1S/C17H17ClN6O2S/c18-14-2-1-3-16(12-14)22-8-10-23(11-9-22)27(25,26)17-6-4-15(5-7-17)24-13-19-20-21-24/h1-7,12-13H,8-11H2. The van der Waals surface area contributed by atoms with Crippen molar-refractivity contribution >= 4 is 27.3 Å². The largest absolute Gasteiger partial charge is 0.369 e. The fraction of sp³-hybridized carbons (Fsp3) is 0.235. The van der Waals surface area contributed by atoms with Crippen LogP contribution in [0.4, 0.5) is 5.69 Å². The Labute approximate surface area is 162 Å². The van der Waals surface area contributed by atoms with Crippen LogP contribution in [0.1, 0.15) is 0 Å². The number of piperazine rings is 1. The van der Waals surface area contributed by atoms with E-state index >= 15 is 0 Å². The third-order valence-corrected chi connectivity index (χ3v) is 6.65.